The molecule has 41 heavy (non-hydrogen) atoms. The predicted octanol–water partition coefficient (Wildman–Crippen LogP) is 4.96. The molecule has 208 valence electrons. The highest BCUT2D eigenvalue weighted by molar-refractivity contribution is 5.94. The lowest BCUT2D eigenvalue weighted by atomic mass is 9.94. The van der Waals surface area contributed by atoms with Crippen LogP contribution in [-0.2, 0) is 17.6 Å². The molecule has 0 radical (unpaired) electrons. The Kier molecular flexibility index (Phi) is 7.73. The summed E-state index contributed by atoms with van der Waals surface area (Å²) in [7, 11) is 1.53. The standard InChI is InChI=1S/C31H27F2N5O3/c1-17-9-25-28(38-31(17)41-2)21(16-36-25)14-27(39)37-26(12-18-10-22(32)15-23(33)11-18)29-24(7-4-8-35-29)19-5-3-6-20(13-19)30(34)40/h3-11,13,15-16,26,36H,12,14H2,1-2H3,(H2,34,40)(H,37,39)/t26-/m0/s1. The lowest BCUT2D eigenvalue weighted by Gasteiger charge is -2.22. The number of aryl methyl sites for hydroxylation is 1. The molecule has 0 spiro atoms. The van der Waals surface area contributed by atoms with Crippen LogP contribution in [0.3, 0.4) is 0 Å². The molecule has 0 bridgehead atoms. The van der Waals surface area contributed by atoms with Crippen molar-refractivity contribution in [3.8, 4) is 17.0 Å². The number of rotatable bonds is 9. The molecule has 1 atom stereocenters. The Morgan fingerprint density at radius 1 is 1.07 bits per heavy atom. The molecule has 5 rings (SSSR count). The van der Waals surface area contributed by atoms with Crippen LogP contribution >= 0.6 is 0 Å². The van der Waals surface area contributed by atoms with Crippen LogP contribution in [0.15, 0.2) is 73.1 Å². The summed E-state index contributed by atoms with van der Waals surface area (Å²) in [5.41, 5.74) is 10.7. The van der Waals surface area contributed by atoms with Gasteiger partial charge in [0.25, 0.3) is 0 Å². The lowest BCUT2D eigenvalue weighted by molar-refractivity contribution is -0.121. The number of benzene rings is 2. The van der Waals surface area contributed by atoms with Crippen molar-refractivity contribution in [1.29, 1.82) is 0 Å². The monoisotopic (exact) mass is 555 g/mol. The number of aromatic amines is 1. The van der Waals surface area contributed by atoms with Gasteiger partial charge in [-0.15, -0.1) is 0 Å². The van der Waals surface area contributed by atoms with E-state index in [0.29, 0.717) is 44.9 Å². The molecule has 2 aromatic carbocycles. The van der Waals surface area contributed by atoms with Gasteiger partial charge in [0.2, 0.25) is 17.7 Å². The van der Waals surface area contributed by atoms with E-state index < -0.39 is 23.6 Å². The minimum absolute atomic E-state index is 0.0213. The summed E-state index contributed by atoms with van der Waals surface area (Å²) in [5.74, 6) is -1.93. The number of amides is 2. The number of nitrogens with one attached hydrogen (secondary N) is 2. The number of carbonyl (C=O) groups excluding carboxylic acids is 2. The second-order valence-electron chi connectivity index (χ2n) is 9.68. The SMILES string of the molecule is COc1nc2c(CC(=O)N[C@@H](Cc3cc(F)cc(F)c3)c3ncccc3-c3cccc(C(N)=O)c3)c[nH]c2cc1C. The van der Waals surface area contributed by atoms with Gasteiger partial charge in [-0.05, 0) is 60.9 Å². The number of ether oxygens (including phenoxy) is 1. The van der Waals surface area contributed by atoms with Crippen molar-refractivity contribution in [2.45, 2.75) is 25.8 Å². The van der Waals surface area contributed by atoms with Gasteiger partial charge in [0.05, 0.1) is 36.3 Å². The number of pyridine rings is 2. The maximum absolute atomic E-state index is 14.1. The van der Waals surface area contributed by atoms with E-state index in [1.54, 1.807) is 48.8 Å². The minimum Gasteiger partial charge on any atom is -0.481 e. The Hall–Kier alpha value is -5.12. The van der Waals surface area contributed by atoms with E-state index in [1.165, 1.54) is 19.2 Å². The third-order valence-corrected chi connectivity index (χ3v) is 6.74. The van der Waals surface area contributed by atoms with Crippen molar-refractivity contribution >= 4 is 22.8 Å². The fraction of sp³-hybridized carbons (Fsp3) is 0.161. The molecule has 2 amide bonds. The molecule has 4 N–H and O–H groups in total. The molecule has 5 aromatic rings. The highest BCUT2D eigenvalue weighted by Gasteiger charge is 2.23. The molecule has 10 heteroatoms. The van der Waals surface area contributed by atoms with Crippen LogP contribution < -0.4 is 15.8 Å². The van der Waals surface area contributed by atoms with Gasteiger partial charge < -0.3 is 20.8 Å². The molecular formula is C31H27F2N5O3. The first kappa shape index (κ1) is 27.4. The fourth-order valence-electron chi connectivity index (χ4n) is 4.90. The number of hydrogen-bond acceptors (Lipinski definition) is 5. The number of hydrogen-bond donors (Lipinski definition) is 3. The van der Waals surface area contributed by atoms with Crippen molar-refractivity contribution in [3.05, 3.63) is 113 Å². The maximum atomic E-state index is 14.1. The summed E-state index contributed by atoms with van der Waals surface area (Å²) in [4.78, 5) is 37.5. The zero-order valence-corrected chi connectivity index (χ0v) is 22.4. The van der Waals surface area contributed by atoms with E-state index in [4.69, 9.17) is 10.5 Å². The van der Waals surface area contributed by atoms with Crippen molar-refractivity contribution in [1.82, 2.24) is 20.3 Å². The molecule has 3 aromatic heterocycles. The van der Waals surface area contributed by atoms with Crippen molar-refractivity contribution in [2.75, 3.05) is 7.11 Å². The second-order valence-corrected chi connectivity index (χ2v) is 9.68. The smallest absolute Gasteiger partial charge is 0.248 e. The zero-order valence-electron chi connectivity index (χ0n) is 22.4. The molecule has 0 unspecified atom stereocenters. The number of carbonyl (C=O) groups is 2. The number of nitrogens with two attached hydrogens (primary N) is 1. The molecule has 0 aliphatic heterocycles. The average molecular weight is 556 g/mol. The Bertz CT molecular complexity index is 1750. The molecule has 0 aliphatic carbocycles. The third kappa shape index (κ3) is 6.06. The number of H-pyrrole nitrogens is 1. The summed E-state index contributed by atoms with van der Waals surface area (Å²) in [6.07, 6.45) is 3.32. The van der Waals surface area contributed by atoms with E-state index in [9.17, 15) is 18.4 Å². The Morgan fingerprint density at radius 2 is 1.85 bits per heavy atom. The Morgan fingerprint density at radius 3 is 2.59 bits per heavy atom. The summed E-state index contributed by atoms with van der Waals surface area (Å²) < 4.78 is 33.5. The van der Waals surface area contributed by atoms with E-state index in [-0.39, 0.29) is 18.7 Å². The van der Waals surface area contributed by atoms with Gasteiger partial charge >= 0.3 is 0 Å². The van der Waals surface area contributed by atoms with E-state index >= 15 is 0 Å². The molecule has 0 fully saturated rings. The Balaban J connectivity index is 1.51. The molecule has 0 saturated heterocycles. The van der Waals surface area contributed by atoms with Crippen LogP contribution in [0, 0.1) is 18.6 Å². The van der Waals surface area contributed by atoms with E-state index in [1.807, 2.05) is 13.0 Å². The first-order chi connectivity index (χ1) is 19.7. The summed E-state index contributed by atoms with van der Waals surface area (Å²) in [6, 6.07) is 14.6. The molecular weight excluding hydrogens is 528 g/mol. The highest BCUT2D eigenvalue weighted by Crippen LogP contribution is 2.30. The highest BCUT2D eigenvalue weighted by atomic mass is 19.1. The third-order valence-electron chi connectivity index (χ3n) is 6.74. The first-order valence-electron chi connectivity index (χ1n) is 12.8. The quantitative estimate of drug-likeness (QED) is 0.237. The van der Waals surface area contributed by atoms with Gasteiger partial charge in [-0.1, -0.05) is 18.2 Å². The number of fused-ring (bicyclic) bond motifs is 1. The van der Waals surface area contributed by atoms with Crippen LogP contribution in [0.4, 0.5) is 8.78 Å². The first-order valence-corrected chi connectivity index (χ1v) is 12.8. The normalized spacial score (nSPS) is 11.8. The van der Waals surface area contributed by atoms with Crippen LogP contribution in [-0.4, -0.2) is 33.9 Å². The lowest BCUT2D eigenvalue weighted by Crippen LogP contribution is -2.32. The summed E-state index contributed by atoms with van der Waals surface area (Å²) in [5, 5.41) is 3.00. The largest absolute Gasteiger partial charge is 0.481 e. The van der Waals surface area contributed by atoms with Gasteiger partial charge in [-0.3, -0.25) is 14.6 Å². The van der Waals surface area contributed by atoms with E-state index in [0.717, 1.165) is 17.1 Å². The van der Waals surface area contributed by atoms with Gasteiger partial charge in [-0.25, -0.2) is 13.8 Å². The van der Waals surface area contributed by atoms with Crippen LogP contribution in [0.5, 0.6) is 5.88 Å². The number of aromatic nitrogens is 3. The Labute approximate surface area is 234 Å². The van der Waals surface area contributed by atoms with Crippen molar-refractivity contribution < 1.29 is 23.1 Å². The minimum atomic E-state index is -0.771. The second kappa shape index (κ2) is 11.5. The van der Waals surface area contributed by atoms with Gasteiger partial charge in [0, 0.05) is 40.7 Å². The summed E-state index contributed by atoms with van der Waals surface area (Å²) >= 11 is 0. The number of primary amides is 1. The van der Waals surface area contributed by atoms with Gasteiger partial charge in [-0.2, -0.15) is 0 Å². The van der Waals surface area contributed by atoms with Crippen molar-refractivity contribution in [2.24, 2.45) is 5.73 Å². The fourth-order valence-corrected chi connectivity index (χ4v) is 4.90. The molecule has 0 aliphatic rings. The number of halogens is 2. The summed E-state index contributed by atoms with van der Waals surface area (Å²) in [6.45, 7) is 1.88. The van der Waals surface area contributed by atoms with Crippen LogP contribution in [0.25, 0.3) is 22.2 Å². The predicted molar refractivity (Wildman–Crippen MR) is 150 cm³/mol. The topological polar surface area (TPSA) is 123 Å². The van der Waals surface area contributed by atoms with Crippen molar-refractivity contribution in [3.63, 3.8) is 0 Å². The molecule has 0 saturated carbocycles. The molecule has 3 heterocycles. The van der Waals surface area contributed by atoms with Crippen LogP contribution in [0.2, 0.25) is 0 Å². The van der Waals surface area contributed by atoms with Gasteiger partial charge in [0.1, 0.15) is 11.6 Å². The van der Waals surface area contributed by atoms with Crippen LogP contribution in [0.1, 0.15) is 38.8 Å². The number of methoxy groups -OCH3 is 1. The number of nitrogens with zero attached hydrogens (tertiary/aromatic N) is 2. The average Bonchev–Trinajstić information content (AvgIpc) is 3.32. The van der Waals surface area contributed by atoms with Gasteiger partial charge in [0.15, 0.2) is 0 Å². The van der Waals surface area contributed by atoms with E-state index in [2.05, 4.69) is 20.3 Å². The molecule has 8 nitrogen and oxygen atoms in total. The zero-order chi connectivity index (χ0) is 29.1. The maximum Gasteiger partial charge on any atom is 0.248 e.